The molecule has 0 bridgehead atoms. The van der Waals surface area contributed by atoms with Gasteiger partial charge < -0.3 is 11.1 Å². The summed E-state index contributed by atoms with van der Waals surface area (Å²) in [5.41, 5.74) is 6.29. The molecular formula is C19H22N4O3S2. The van der Waals surface area contributed by atoms with E-state index in [4.69, 9.17) is 5.73 Å². The molecule has 0 fully saturated rings. The van der Waals surface area contributed by atoms with E-state index >= 15 is 0 Å². The summed E-state index contributed by atoms with van der Waals surface area (Å²) in [5, 5.41) is 2.39. The van der Waals surface area contributed by atoms with Crippen molar-refractivity contribution in [2.75, 3.05) is 10.2 Å². The van der Waals surface area contributed by atoms with Gasteiger partial charge in [0, 0.05) is 4.88 Å². The second-order valence-electron chi connectivity index (χ2n) is 7.10. The van der Waals surface area contributed by atoms with Crippen LogP contribution in [-0.4, -0.2) is 33.5 Å². The van der Waals surface area contributed by atoms with Gasteiger partial charge in [-0.2, -0.15) is 0 Å². The molecule has 1 aliphatic heterocycles. The number of nitrogens with two attached hydrogens (primary N) is 1. The van der Waals surface area contributed by atoms with Crippen LogP contribution in [0.15, 0.2) is 28.6 Å². The van der Waals surface area contributed by atoms with Crippen molar-refractivity contribution < 1.29 is 14.4 Å². The van der Waals surface area contributed by atoms with Crippen molar-refractivity contribution in [3.8, 4) is 0 Å². The number of primary amides is 1. The van der Waals surface area contributed by atoms with Crippen LogP contribution >= 0.6 is 23.1 Å². The third kappa shape index (κ3) is 3.77. The molecule has 3 amide bonds. The Hall–Kier alpha value is -2.39. The number of carbonyl (C=O) groups is 3. The van der Waals surface area contributed by atoms with E-state index in [1.165, 1.54) is 23.1 Å². The zero-order valence-electron chi connectivity index (χ0n) is 16.1. The lowest BCUT2D eigenvalue weighted by Gasteiger charge is -2.43. The monoisotopic (exact) mass is 418 g/mol. The van der Waals surface area contributed by atoms with Crippen LogP contribution in [0.3, 0.4) is 0 Å². The van der Waals surface area contributed by atoms with E-state index < -0.39 is 16.7 Å². The van der Waals surface area contributed by atoms with Crippen molar-refractivity contribution in [2.24, 2.45) is 5.73 Å². The minimum Gasteiger partial charge on any atom is -0.369 e. The van der Waals surface area contributed by atoms with Crippen molar-refractivity contribution in [1.82, 2.24) is 4.98 Å². The highest BCUT2D eigenvalue weighted by Gasteiger charge is 2.44. The largest absolute Gasteiger partial charge is 0.369 e. The van der Waals surface area contributed by atoms with Crippen LogP contribution in [0.25, 0.3) is 0 Å². The number of thiazole rings is 1. The molecule has 0 saturated carbocycles. The number of aromatic nitrogens is 1. The number of para-hydroxylation sites is 2. The molecule has 9 heteroatoms. The summed E-state index contributed by atoms with van der Waals surface area (Å²) in [6.07, 6.45) is 0.138. The number of rotatable bonds is 5. The highest BCUT2D eigenvalue weighted by atomic mass is 32.2. The number of nitrogens with one attached hydrogen (secondary N) is 1. The molecule has 3 rings (SSSR count). The molecule has 0 radical (unpaired) electrons. The molecule has 1 aliphatic rings. The molecule has 2 heterocycles. The lowest BCUT2D eigenvalue weighted by Crippen LogP contribution is -2.60. The van der Waals surface area contributed by atoms with Gasteiger partial charge >= 0.3 is 0 Å². The molecule has 0 aliphatic carbocycles. The number of thioether (sulfide) groups is 1. The van der Waals surface area contributed by atoms with Crippen molar-refractivity contribution >= 4 is 52.2 Å². The Bertz CT molecular complexity index is 954. The molecule has 148 valence electrons. The van der Waals surface area contributed by atoms with Crippen LogP contribution in [0, 0.1) is 6.92 Å². The van der Waals surface area contributed by atoms with Gasteiger partial charge in [0.2, 0.25) is 17.7 Å². The predicted molar refractivity (Wildman–Crippen MR) is 112 cm³/mol. The predicted octanol–water partition coefficient (Wildman–Crippen LogP) is 2.72. The molecule has 0 spiro atoms. The van der Waals surface area contributed by atoms with Crippen LogP contribution in [0.2, 0.25) is 0 Å². The minimum absolute atomic E-state index is 0.138. The van der Waals surface area contributed by atoms with Gasteiger partial charge in [0.1, 0.15) is 5.54 Å². The zero-order valence-corrected chi connectivity index (χ0v) is 17.7. The minimum atomic E-state index is -1.02. The number of benzene rings is 1. The van der Waals surface area contributed by atoms with Crippen molar-refractivity contribution in [1.29, 1.82) is 0 Å². The fourth-order valence-corrected chi connectivity index (χ4v) is 5.43. The van der Waals surface area contributed by atoms with Gasteiger partial charge in [-0.05, 0) is 39.8 Å². The highest BCUT2D eigenvalue weighted by Crippen LogP contribution is 2.39. The molecule has 0 saturated heterocycles. The second kappa shape index (κ2) is 7.56. The summed E-state index contributed by atoms with van der Waals surface area (Å²) in [6.45, 7) is 7.07. The van der Waals surface area contributed by atoms with Crippen LogP contribution in [-0.2, 0) is 20.8 Å². The molecule has 0 unspecified atom stereocenters. The zero-order chi connectivity index (χ0) is 20.6. The molecule has 1 aromatic heterocycles. The van der Waals surface area contributed by atoms with E-state index in [0.717, 1.165) is 10.6 Å². The molecule has 28 heavy (non-hydrogen) atoms. The first kappa shape index (κ1) is 20.3. The molecule has 2 aromatic rings. The second-order valence-corrected chi connectivity index (χ2v) is 9.77. The average Bonchev–Trinajstić information content (AvgIpc) is 2.93. The Morgan fingerprint density at radius 1 is 1.36 bits per heavy atom. The number of nitrogens with zero attached hydrogens (tertiary/aromatic N) is 2. The van der Waals surface area contributed by atoms with Gasteiger partial charge in [0.05, 0.1) is 28.7 Å². The first-order valence-electron chi connectivity index (χ1n) is 8.77. The summed E-state index contributed by atoms with van der Waals surface area (Å²) in [7, 11) is 0. The van der Waals surface area contributed by atoms with Gasteiger partial charge in [-0.3, -0.25) is 19.3 Å². The van der Waals surface area contributed by atoms with Crippen LogP contribution in [0.4, 0.5) is 11.4 Å². The Morgan fingerprint density at radius 3 is 2.71 bits per heavy atom. The van der Waals surface area contributed by atoms with Gasteiger partial charge in [-0.1, -0.05) is 23.9 Å². The Labute approximate surface area is 171 Å². The maximum atomic E-state index is 13.3. The number of carbonyl (C=O) groups excluding carboxylic acids is 3. The quantitative estimate of drug-likeness (QED) is 0.727. The van der Waals surface area contributed by atoms with Gasteiger partial charge in [0.25, 0.3) is 0 Å². The first-order chi connectivity index (χ1) is 13.1. The molecular weight excluding hydrogens is 396 g/mol. The van der Waals surface area contributed by atoms with Gasteiger partial charge in [0.15, 0.2) is 4.34 Å². The highest BCUT2D eigenvalue weighted by molar-refractivity contribution is 8.02. The lowest BCUT2D eigenvalue weighted by molar-refractivity contribution is -0.126. The average molecular weight is 419 g/mol. The Morgan fingerprint density at radius 2 is 2.04 bits per heavy atom. The Kier molecular flexibility index (Phi) is 5.49. The number of hydrogen-bond donors (Lipinski definition) is 2. The van der Waals surface area contributed by atoms with Crippen molar-refractivity contribution in [3.05, 3.63) is 34.8 Å². The number of fused-ring (bicyclic) bond motifs is 1. The summed E-state index contributed by atoms with van der Waals surface area (Å²) in [6, 6.07) is 7.26. The molecule has 1 atom stereocenters. The number of anilines is 2. The maximum Gasteiger partial charge on any atom is 0.250 e. The summed E-state index contributed by atoms with van der Waals surface area (Å²) < 4.78 is 0.696. The van der Waals surface area contributed by atoms with E-state index in [0.29, 0.717) is 15.7 Å². The summed E-state index contributed by atoms with van der Waals surface area (Å²) >= 11 is 2.68. The molecule has 7 nitrogen and oxygen atoms in total. The number of aryl methyl sites for hydroxylation is 1. The Balaban J connectivity index is 1.86. The van der Waals surface area contributed by atoms with Gasteiger partial charge in [-0.15, -0.1) is 11.3 Å². The number of hydrogen-bond acceptors (Lipinski definition) is 6. The summed E-state index contributed by atoms with van der Waals surface area (Å²) in [5.74, 6) is -0.822. The van der Waals surface area contributed by atoms with E-state index in [1.54, 1.807) is 31.7 Å². The van der Waals surface area contributed by atoms with E-state index in [2.05, 4.69) is 10.3 Å². The normalized spacial score (nSPS) is 16.3. The van der Waals surface area contributed by atoms with E-state index in [9.17, 15) is 14.4 Å². The lowest BCUT2D eigenvalue weighted by atomic mass is 9.96. The van der Waals surface area contributed by atoms with E-state index in [-0.39, 0.29) is 18.2 Å². The third-order valence-electron chi connectivity index (χ3n) is 4.56. The third-order valence-corrected chi connectivity index (χ3v) is 6.90. The van der Waals surface area contributed by atoms with E-state index in [1.807, 2.05) is 25.1 Å². The van der Waals surface area contributed by atoms with Crippen LogP contribution < -0.4 is 16.0 Å². The fourth-order valence-electron chi connectivity index (χ4n) is 3.00. The van der Waals surface area contributed by atoms with Crippen LogP contribution in [0.5, 0.6) is 0 Å². The van der Waals surface area contributed by atoms with Crippen molar-refractivity contribution in [2.45, 2.75) is 49.2 Å². The topological polar surface area (TPSA) is 105 Å². The first-order valence-corrected chi connectivity index (χ1v) is 10.5. The molecule has 3 N–H and O–H groups in total. The van der Waals surface area contributed by atoms with Crippen molar-refractivity contribution in [3.63, 3.8) is 0 Å². The smallest absolute Gasteiger partial charge is 0.250 e. The number of amides is 3. The summed E-state index contributed by atoms with van der Waals surface area (Å²) in [4.78, 5) is 43.9. The molecule has 1 aromatic carbocycles. The maximum absolute atomic E-state index is 13.3. The van der Waals surface area contributed by atoms with Crippen LogP contribution in [0.1, 0.15) is 31.3 Å². The van der Waals surface area contributed by atoms with Gasteiger partial charge in [-0.25, -0.2) is 4.98 Å². The standard InChI is InChI=1S/C19H22N4O3S2/c1-10-14(9-15(20)24)28-18(21-10)27-11(2)16(25)23-13-8-6-5-7-12(13)22-17(26)19(23,3)4/h5-8,11H,9H2,1-4H3,(H2,20,24)(H,22,26)/t11-/m0/s1. The SMILES string of the molecule is Cc1nc(S[C@@H](C)C(=O)N2c3ccccc3NC(=O)C2(C)C)sc1CC(N)=O. The fraction of sp³-hybridized carbons (Fsp3) is 0.368.